The van der Waals surface area contributed by atoms with Crippen LogP contribution in [0.3, 0.4) is 0 Å². The zero-order chi connectivity index (χ0) is 14.7. The van der Waals surface area contributed by atoms with Gasteiger partial charge in [-0.15, -0.1) is 0 Å². The summed E-state index contributed by atoms with van der Waals surface area (Å²) in [6, 6.07) is 9.16. The van der Waals surface area contributed by atoms with Crippen molar-refractivity contribution in [1.82, 2.24) is 4.90 Å². The van der Waals surface area contributed by atoms with Gasteiger partial charge in [-0.3, -0.25) is 4.79 Å². The third kappa shape index (κ3) is 3.18. The van der Waals surface area contributed by atoms with E-state index in [9.17, 15) is 9.59 Å². The number of ether oxygens (including phenoxy) is 1. The molecule has 1 aliphatic rings. The number of rotatable bonds is 5. The van der Waals surface area contributed by atoms with Gasteiger partial charge in [-0.1, -0.05) is 37.3 Å². The minimum atomic E-state index is -0.555. The Morgan fingerprint density at radius 2 is 1.95 bits per heavy atom. The zero-order valence-corrected chi connectivity index (χ0v) is 12.2. The molecule has 0 unspecified atom stereocenters. The summed E-state index contributed by atoms with van der Waals surface area (Å²) in [6.07, 6.45) is 0.915. The van der Waals surface area contributed by atoms with E-state index in [0.717, 1.165) is 12.0 Å². The molecule has 0 bridgehead atoms. The molecule has 1 aromatic carbocycles. The van der Waals surface area contributed by atoms with Crippen molar-refractivity contribution in [3.05, 3.63) is 35.9 Å². The lowest BCUT2D eigenvalue weighted by atomic mass is 10.1. The number of methoxy groups -OCH3 is 1. The smallest absolute Gasteiger partial charge is 0.328 e. The Balaban J connectivity index is 2.15. The second-order valence-corrected chi connectivity index (χ2v) is 5.47. The fourth-order valence-corrected chi connectivity index (χ4v) is 2.36. The molecule has 0 spiro atoms. The monoisotopic (exact) mass is 275 g/mol. The lowest BCUT2D eigenvalue weighted by molar-refractivity contribution is -0.153. The predicted molar refractivity (Wildman–Crippen MR) is 75.7 cm³/mol. The van der Waals surface area contributed by atoms with Crippen LogP contribution in [0, 0.1) is 11.8 Å². The van der Waals surface area contributed by atoms with Crippen LogP contribution in [0.2, 0.25) is 0 Å². The number of carbonyl (C=O) groups is 2. The molecule has 20 heavy (non-hydrogen) atoms. The molecule has 0 aliphatic heterocycles. The maximum absolute atomic E-state index is 12.5. The number of amides is 1. The number of nitrogens with zero attached hydrogens (tertiary/aromatic N) is 1. The number of hydrogen-bond acceptors (Lipinski definition) is 3. The van der Waals surface area contributed by atoms with E-state index in [1.54, 1.807) is 11.8 Å². The molecule has 1 saturated carbocycles. The first-order chi connectivity index (χ1) is 9.54. The minimum Gasteiger partial charge on any atom is -0.467 e. The van der Waals surface area contributed by atoms with Crippen molar-refractivity contribution in [3.63, 3.8) is 0 Å². The maximum atomic E-state index is 12.5. The van der Waals surface area contributed by atoms with E-state index in [4.69, 9.17) is 4.74 Å². The van der Waals surface area contributed by atoms with E-state index in [1.807, 2.05) is 30.3 Å². The fraction of sp³-hybridized carbons (Fsp3) is 0.500. The van der Waals surface area contributed by atoms with E-state index >= 15 is 0 Å². The fourth-order valence-electron chi connectivity index (χ4n) is 2.36. The van der Waals surface area contributed by atoms with Crippen molar-refractivity contribution < 1.29 is 14.3 Å². The largest absolute Gasteiger partial charge is 0.467 e. The van der Waals surface area contributed by atoms with E-state index < -0.39 is 6.04 Å². The van der Waals surface area contributed by atoms with Gasteiger partial charge >= 0.3 is 5.97 Å². The topological polar surface area (TPSA) is 46.6 Å². The number of hydrogen-bond donors (Lipinski definition) is 0. The van der Waals surface area contributed by atoms with Crippen LogP contribution >= 0.6 is 0 Å². The Labute approximate surface area is 119 Å². The van der Waals surface area contributed by atoms with Crippen molar-refractivity contribution in [2.24, 2.45) is 11.8 Å². The van der Waals surface area contributed by atoms with Gasteiger partial charge in [0.1, 0.15) is 6.04 Å². The highest BCUT2D eigenvalue weighted by Gasteiger charge is 2.43. The molecule has 4 nitrogen and oxygen atoms in total. The highest BCUT2D eigenvalue weighted by Crippen LogP contribution is 2.39. The molecule has 1 aromatic rings. The van der Waals surface area contributed by atoms with Crippen LogP contribution in [0.4, 0.5) is 0 Å². The summed E-state index contributed by atoms with van der Waals surface area (Å²) in [6.45, 7) is 4.23. The molecule has 0 radical (unpaired) electrons. The summed E-state index contributed by atoms with van der Waals surface area (Å²) in [4.78, 5) is 25.9. The summed E-state index contributed by atoms with van der Waals surface area (Å²) in [5, 5.41) is 0. The molecule has 108 valence electrons. The first-order valence-electron chi connectivity index (χ1n) is 6.96. The van der Waals surface area contributed by atoms with Crippen molar-refractivity contribution in [3.8, 4) is 0 Å². The Bertz CT molecular complexity index is 486. The van der Waals surface area contributed by atoms with Crippen LogP contribution in [-0.4, -0.2) is 29.9 Å². The molecular weight excluding hydrogens is 254 g/mol. The maximum Gasteiger partial charge on any atom is 0.328 e. The van der Waals surface area contributed by atoms with Gasteiger partial charge in [0.2, 0.25) is 5.91 Å². The lowest BCUT2D eigenvalue weighted by Crippen LogP contribution is -2.44. The molecule has 2 rings (SSSR count). The van der Waals surface area contributed by atoms with Crippen LogP contribution < -0.4 is 0 Å². The Kier molecular flexibility index (Phi) is 4.42. The second kappa shape index (κ2) is 6.07. The van der Waals surface area contributed by atoms with Crippen LogP contribution in [0.1, 0.15) is 25.8 Å². The molecule has 0 heterocycles. The molecule has 1 aliphatic carbocycles. The van der Waals surface area contributed by atoms with E-state index in [-0.39, 0.29) is 17.8 Å². The summed E-state index contributed by atoms with van der Waals surface area (Å²) < 4.78 is 4.77. The first kappa shape index (κ1) is 14.6. The summed E-state index contributed by atoms with van der Waals surface area (Å²) in [7, 11) is 1.35. The van der Waals surface area contributed by atoms with Crippen LogP contribution in [0.25, 0.3) is 0 Å². The lowest BCUT2D eigenvalue weighted by Gasteiger charge is -2.28. The second-order valence-electron chi connectivity index (χ2n) is 5.47. The highest BCUT2D eigenvalue weighted by atomic mass is 16.5. The molecule has 1 fully saturated rings. The molecular formula is C16H21NO3. The van der Waals surface area contributed by atoms with Gasteiger partial charge in [-0.05, 0) is 24.8 Å². The van der Waals surface area contributed by atoms with Gasteiger partial charge in [-0.2, -0.15) is 0 Å². The average molecular weight is 275 g/mol. The molecule has 0 aromatic heterocycles. The van der Waals surface area contributed by atoms with Gasteiger partial charge in [0.15, 0.2) is 0 Å². The predicted octanol–water partition coefficient (Wildman–Crippen LogP) is 2.23. The normalized spacial score (nSPS) is 21.9. The summed E-state index contributed by atoms with van der Waals surface area (Å²) in [5.74, 6) is 0.165. The molecule has 0 saturated heterocycles. The SMILES string of the molecule is COC(=O)[C@H](C)N(Cc1ccccc1)C(=O)[C@H]1C[C@@H]1C. The highest BCUT2D eigenvalue weighted by molar-refractivity contribution is 5.87. The Morgan fingerprint density at radius 1 is 1.35 bits per heavy atom. The van der Waals surface area contributed by atoms with Gasteiger partial charge in [-0.25, -0.2) is 4.79 Å². The van der Waals surface area contributed by atoms with Gasteiger partial charge in [0, 0.05) is 12.5 Å². The number of benzene rings is 1. The van der Waals surface area contributed by atoms with E-state index in [0.29, 0.717) is 12.5 Å². The Hall–Kier alpha value is -1.84. The number of carbonyl (C=O) groups excluding carboxylic acids is 2. The molecule has 0 N–H and O–H groups in total. The van der Waals surface area contributed by atoms with Crippen molar-refractivity contribution in [2.45, 2.75) is 32.9 Å². The number of esters is 1. The molecule has 4 heteroatoms. The summed E-state index contributed by atoms with van der Waals surface area (Å²) in [5.41, 5.74) is 1.02. The van der Waals surface area contributed by atoms with Crippen molar-refractivity contribution in [1.29, 1.82) is 0 Å². The molecule has 3 atom stereocenters. The third-order valence-corrected chi connectivity index (χ3v) is 3.92. The zero-order valence-electron chi connectivity index (χ0n) is 12.2. The van der Waals surface area contributed by atoms with Crippen LogP contribution in [-0.2, 0) is 20.9 Å². The van der Waals surface area contributed by atoms with Crippen molar-refractivity contribution >= 4 is 11.9 Å². The van der Waals surface area contributed by atoms with Gasteiger partial charge < -0.3 is 9.64 Å². The van der Waals surface area contributed by atoms with Crippen LogP contribution in [0.15, 0.2) is 30.3 Å². The minimum absolute atomic E-state index is 0.0549. The first-order valence-corrected chi connectivity index (χ1v) is 6.96. The molecule has 1 amide bonds. The third-order valence-electron chi connectivity index (χ3n) is 3.92. The van der Waals surface area contributed by atoms with Crippen molar-refractivity contribution in [2.75, 3.05) is 7.11 Å². The van der Waals surface area contributed by atoms with Crippen LogP contribution in [0.5, 0.6) is 0 Å². The van der Waals surface area contributed by atoms with E-state index in [2.05, 4.69) is 6.92 Å². The Morgan fingerprint density at radius 3 is 2.45 bits per heavy atom. The van der Waals surface area contributed by atoms with Gasteiger partial charge in [0.05, 0.1) is 7.11 Å². The standard InChI is InChI=1S/C16H21NO3/c1-11-9-14(11)15(18)17(12(2)16(19)20-3)10-13-7-5-4-6-8-13/h4-8,11-12,14H,9-10H2,1-3H3/t11-,12-,14-/m0/s1. The quantitative estimate of drug-likeness (QED) is 0.774. The summed E-state index contributed by atoms with van der Waals surface area (Å²) >= 11 is 0. The van der Waals surface area contributed by atoms with Gasteiger partial charge in [0.25, 0.3) is 0 Å². The average Bonchev–Trinajstić information content (AvgIpc) is 3.20. The van der Waals surface area contributed by atoms with E-state index in [1.165, 1.54) is 7.11 Å².